The highest BCUT2D eigenvalue weighted by atomic mass is 35.5. The average Bonchev–Trinajstić information content (AvgIpc) is 2.83. The highest BCUT2D eigenvalue weighted by Crippen LogP contribution is 2.41. The highest BCUT2D eigenvalue weighted by Gasteiger charge is 2.24. The van der Waals surface area contributed by atoms with E-state index in [2.05, 4.69) is 29.2 Å². The van der Waals surface area contributed by atoms with Crippen molar-refractivity contribution >= 4 is 22.5 Å². The van der Waals surface area contributed by atoms with E-state index in [0.717, 1.165) is 23.4 Å². The van der Waals surface area contributed by atoms with E-state index >= 15 is 0 Å². The second-order valence-electron chi connectivity index (χ2n) is 5.41. The molecule has 0 saturated carbocycles. The van der Waals surface area contributed by atoms with E-state index in [1.54, 1.807) is 0 Å². The zero-order valence-corrected chi connectivity index (χ0v) is 11.7. The zero-order valence-electron chi connectivity index (χ0n) is 11.0. The summed E-state index contributed by atoms with van der Waals surface area (Å²) in [6.45, 7) is 0. The maximum absolute atomic E-state index is 6.25. The fraction of sp³-hybridized carbons (Fsp3) is 0.176. The summed E-state index contributed by atoms with van der Waals surface area (Å²) in [5, 5.41) is 2.02. The molecule has 0 fully saturated rings. The molecular formula is C17H15ClN2. The van der Waals surface area contributed by atoms with Crippen molar-refractivity contribution in [2.75, 3.05) is 0 Å². The Kier molecular flexibility index (Phi) is 2.62. The van der Waals surface area contributed by atoms with Crippen LogP contribution >= 0.6 is 11.6 Å². The number of aromatic nitrogens is 1. The van der Waals surface area contributed by atoms with Crippen molar-refractivity contribution in [3.8, 4) is 11.3 Å². The van der Waals surface area contributed by atoms with Crippen LogP contribution in [0.15, 0.2) is 42.5 Å². The van der Waals surface area contributed by atoms with Crippen LogP contribution in [0.3, 0.4) is 0 Å². The van der Waals surface area contributed by atoms with Gasteiger partial charge in [0.15, 0.2) is 0 Å². The van der Waals surface area contributed by atoms with Crippen LogP contribution in [0.2, 0.25) is 5.02 Å². The number of hydrogen-bond acceptors (Lipinski definition) is 1. The number of aryl methyl sites for hydroxylation is 1. The molecule has 3 aromatic rings. The van der Waals surface area contributed by atoms with Crippen LogP contribution in [-0.4, -0.2) is 4.98 Å². The van der Waals surface area contributed by atoms with E-state index in [-0.39, 0.29) is 6.04 Å². The molecule has 3 heteroatoms. The lowest BCUT2D eigenvalue weighted by molar-refractivity contribution is 0.644. The smallest absolute Gasteiger partial charge is 0.0497 e. The molecule has 2 nitrogen and oxygen atoms in total. The van der Waals surface area contributed by atoms with Crippen LogP contribution in [0, 0.1) is 0 Å². The van der Waals surface area contributed by atoms with E-state index in [1.165, 1.54) is 27.8 Å². The Bertz CT molecular complexity index is 790. The number of nitrogens with two attached hydrogens (primary N) is 1. The van der Waals surface area contributed by atoms with Gasteiger partial charge in [-0.25, -0.2) is 0 Å². The lowest BCUT2D eigenvalue weighted by Crippen LogP contribution is -2.15. The van der Waals surface area contributed by atoms with Crippen LogP contribution in [0.1, 0.15) is 23.6 Å². The molecule has 1 aromatic heterocycles. The van der Waals surface area contributed by atoms with Crippen LogP contribution in [0.4, 0.5) is 0 Å². The zero-order chi connectivity index (χ0) is 13.7. The van der Waals surface area contributed by atoms with Crippen molar-refractivity contribution < 1.29 is 0 Å². The molecule has 0 radical (unpaired) electrons. The number of benzene rings is 2. The summed E-state index contributed by atoms with van der Waals surface area (Å²) in [6.07, 6.45) is 1.99. The number of nitrogens with one attached hydrogen (secondary N) is 1. The summed E-state index contributed by atoms with van der Waals surface area (Å²) in [5.74, 6) is 0. The van der Waals surface area contributed by atoms with Gasteiger partial charge >= 0.3 is 0 Å². The van der Waals surface area contributed by atoms with Gasteiger partial charge in [-0.1, -0.05) is 41.9 Å². The normalized spacial score (nSPS) is 17.6. The molecule has 20 heavy (non-hydrogen) atoms. The standard InChI is InChI=1S/C17H15ClN2/c18-11-8-13-14(19)7-6-12-16(13)15(9-11)20-17(12)10-4-2-1-3-5-10/h1-5,8-9,14,20H,6-7,19H2. The minimum absolute atomic E-state index is 0.0862. The Morgan fingerprint density at radius 3 is 2.75 bits per heavy atom. The van der Waals surface area contributed by atoms with Gasteiger partial charge in [0, 0.05) is 27.7 Å². The Hall–Kier alpha value is -1.77. The van der Waals surface area contributed by atoms with Gasteiger partial charge in [-0.05, 0) is 41.7 Å². The summed E-state index contributed by atoms with van der Waals surface area (Å²) in [4.78, 5) is 3.53. The molecule has 1 atom stereocenters. The molecule has 0 aliphatic heterocycles. The predicted octanol–water partition coefficient (Wildman–Crippen LogP) is 4.43. The molecule has 0 saturated heterocycles. The minimum atomic E-state index is 0.0862. The van der Waals surface area contributed by atoms with Gasteiger partial charge in [-0.3, -0.25) is 0 Å². The number of H-pyrrole nitrogens is 1. The topological polar surface area (TPSA) is 41.8 Å². The molecule has 100 valence electrons. The fourth-order valence-electron chi connectivity index (χ4n) is 3.25. The number of aromatic amines is 1. The molecule has 1 unspecified atom stereocenters. The van der Waals surface area contributed by atoms with E-state index in [0.29, 0.717) is 0 Å². The first-order valence-electron chi connectivity index (χ1n) is 6.89. The largest absolute Gasteiger partial charge is 0.354 e. The summed E-state index contributed by atoms with van der Waals surface area (Å²) < 4.78 is 0. The van der Waals surface area contributed by atoms with Crippen LogP contribution in [0.25, 0.3) is 22.2 Å². The van der Waals surface area contributed by atoms with Crippen molar-refractivity contribution in [1.29, 1.82) is 0 Å². The van der Waals surface area contributed by atoms with Gasteiger partial charge < -0.3 is 10.7 Å². The Balaban J connectivity index is 2.07. The average molecular weight is 283 g/mol. The molecular weight excluding hydrogens is 268 g/mol. The monoisotopic (exact) mass is 282 g/mol. The van der Waals surface area contributed by atoms with E-state index in [9.17, 15) is 0 Å². The van der Waals surface area contributed by atoms with Crippen molar-refractivity contribution in [2.45, 2.75) is 18.9 Å². The van der Waals surface area contributed by atoms with Gasteiger partial charge in [-0.2, -0.15) is 0 Å². The van der Waals surface area contributed by atoms with E-state index in [4.69, 9.17) is 17.3 Å². The second kappa shape index (κ2) is 4.37. The Morgan fingerprint density at radius 2 is 1.95 bits per heavy atom. The van der Waals surface area contributed by atoms with E-state index in [1.807, 2.05) is 18.2 Å². The second-order valence-corrected chi connectivity index (χ2v) is 5.84. The third-order valence-electron chi connectivity index (χ3n) is 4.16. The molecule has 4 rings (SSSR count). The third-order valence-corrected chi connectivity index (χ3v) is 4.38. The molecule has 0 bridgehead atoms. The fourth-order valence-corrected chi connectivity index (χ4v) is 3.47. The van der Waals surface area contributed by atoms with Gasteiger partial charge in [0.1, 0.15) is 0 Å². The predicted molar refractivity (Wildman–Crippen MR) is 84.0 cm³/mol. The van der Waals surface area contributed by atoms with Gasteiger partial charge in [0.25, 0.3) is 0 Å². The SMILES string of the molecule is NC1CCc2c(-c3ccccc3)[nH]c3cc(Cl)cc1c23. The highest BCUT2D eigenvalue weighted by molar-refractivity contribution is 6.31. The first-order chi connectivity index (χ1) is 9.74. The number of halogens is 1. The van der Waals surface area contributed by atoms with Crippen molar-refractivity contribution in [3.05, 3.63) is 58.6 Å². The maximum atomic E-state index is 6.25. The quantitative estimate of drug-likeness (QED) is 0.681. The van der Waals surface area contributed by atoms with Crippen LogP contribution in [0.5, 0.6) is 0 Å². The molecule has 1 aliphatic rings. The number of rotatable bonds is 1. The lowest BCUT2D eigenvalue weighted by Gasteiger charge is -2.20. The van der Waals surface area contributed by atoms with Crippen molar-refractivity contribution in [1.82, 2.24) is 4.98 Å². The van der Waals surface area contributed by atoms with Gasteiger partial charge in [0.05, 0.1) is 0 Å². The van der Waals surface area contributed by atoms with Crippen molar-refractivity contribution in [3.63, 3.8) is 0 Å². The third kappa shape index (κ3) is 1.69. The Morgan fingerprint density at radius 1 is 1.15 bits per heavy atom. The minimum Gasteiger partial charge on any atom is -0.354 e. The molecule has 2 aromatic carbocycles. The van der Waals surface area contributed by atoms with Crippen LogP contribution in [-0.2, 0) is 6.42 Å². The summed E-state index contributed by atoms with van der Waals surface area (Å²) in [6, 6.07) is 14.5. The van der Waals surface area contributed by atoms with Crippen LogP contribution < -0.4 is 5.73 Å². The lowest BCUT2D eigenvalue weighted by atomic mass is 9.87. The molecule has 3 N–H and O–H groups in total. The van der Waals surface area contributed by atoms with E-state index < -0.39 is 0 Å². The number of hydrogen-bond donors (Lipinski definition) is 2. The molecule has 0 amide bonds. The Labute approximate surface area is 122 Å². The maximum Gasteiger partial charge on any atom is 0.0497 e. The van der Waals surface area contributed by atoms with Gasteiger partial charge in [0.2, 0.25) is 0 Å². The first-order valence-corrected chi connectivity index (χ1v) is 7.27. The molecule has 1 heterocycles. The summed E-state index contributed by atoms with van der Waals surface area (Å²) >= 11 is 6.22. The van der Waals surface area contributed by atoms with Gasteiger partial charge in [-0.15, -0.1) is 0 Å². The summed E-state index contributed by atoms with van der Waals surface area (Å²) in [7, 11) is 0. The molecule has 1 aliphatic carbocycles. The molecule has 0 spiro atoms. The van der Waals surface area contributed by atoms with Crippen molar-refractivity contribution in [2.24, 2.45) is 5.73 Å². The summed E-state index contributed by atoms with van der Waals surface area (Å²) in [5.41, 5.74) is 12.3. The first kappa shape index (κ1) is 12.0.